The van der Waals surface area contributed by atoms with E-state index in [-0.39, 0.29) is 5.56 Å². The van der Waals surface area contributed by atoms with Crippen LogP contribution in [0.5, 0.6) is 0 Å². The van der Waals surface area contributed by atoms with Gasteiger partial charge in [-0.3, -0.25) is 0 Å². The van der Waals surface area contributed by atoms with Crippen LogP contribution < -0.4 is 5.63 Å². The highest BCUT2D eigenvalue weighted by Crippen LogP contribution is 2.15. The molecule has 0 fully saturated rings. The first kappa shape index (κ1) is 16.3. The van der Waals surface area contributed by atoms with E-state index >= 15 is 0 Å². The predicted molar refractivity (Wildman–Crippen MR) is 86.1 cm³/mol. The third-order valence-corrected chi connectivity index (χ3v) is 3.85. The summed E-state index contributed by atoms with van der Waals surface area (Å²) in [6, 6.07) is 8.64. The summed E-state index contributed by atoms with van der Waals surface area (Å²) in [7, 11) is 0. The smallest absolute Gasteiger partial charge is 0.351 e. The second kappa shape index (κ2) is 7.78. The fourth-order valence-electron chi connectivity index (χ4n) is 2.37. The van der Waals surface area contributed by atoms with Crippen molar-refractivity contribution in [2.24, 2.45) is 5.92 Å². The molecule has 1 aromatic carbocycles. The summed E-state index contributed by atoms with van der Waals surface area (Å²) < 4.78 is 10.5. The van der Waals surface area contributed by atoms with Crippen LogP contribution in [0, 0.1) is 5.92 Å². The monoisotopic (exact) mass is 302 g/mol. The van der Waals surface area contributed by atoms with Crippen LogP contribution >= 0.6 is 0 Å². The molecule has 22 heavy (non-hydrogen) atoms. The van der Waals surface area contributed by atoms with E-state index in [1.54, 1.807) is 18.2 Å². The Morgan fingerprint density at radius 2 is 2.05 bits per heavy atom. The van der Waals surface area contributed by atoms with E-state index in [4.69, 9.17) is 9.15 Å². The number of rotatable bonds is 7. The van der Waals surface area contributed by atoms with E-state index < -0.39 is 11.6 Å². The van der Waals surface area contributed by atoms with Gasteiger partial charge in [-0.15, -0.1) is 0 Å². The lowest BCUT2D eigenvalue weighted by Crippen LogP contribution is -2.19. The molecule has 0 amide bonds. The van der Waals surface area contributed by atoms with Gasteiger partial charge in [-0.05, 0) is 24.5 Å². The average Bonchev–Trinajstić information content (AvgIpc) is 2.54. The Labute approximate surface area is 130 Å². The third-order valence-electron chi connectivity index (χ3n) is 3.85. The molecule has 0 bridgehead atoms. The van der Waals surface area contributed by atoms with Crippen molar-refractivity contribution in [1.82, 2.24) is 0 Å². The number of hydrogen-bond acceptors (Lipinski definition) is 4. The van der Waals surface area contributed by atoms with Gasteiger partial charge in [0.1, 0.15) is 11.1 Å². The van der Waals surface area contributed by atoms with Gasteiger partial charge in [-0.25, -0.2) is 9.59 Å². The third kappa shape index (κ3) is 3.97. The van der Waals surface area contributed by atoms with Crippen LogP contribution in [0.3, 0.4) is 0 Å². The standard InChI is InChI=1S/C18H22O4/c1-3-5-8-13(4-2)12-21-17(19)15-11-14-9-6-7-10-16(14)22-18(15)20/h6-7,9-11,13H,3-5,8,12H2,1-2H3/t13-/m0/s1. The Morgan fingerprint density at radius 1 is 1.27 bits per heavy atom. The van der Waals surface area contributed by atoms with Crippen molar-refractivity contribution in [1.29, 1.82) is 0 Å². The summed E-state index contributed by atoms with van der Waals surface area (Å²) in [6.45, 7) is 4.57. The van der Waals surface area contributed by atoms with E-state index in [0.29, 0.717) is 23.5 Å². The van der Waals surface area contributed by atoms with Gasteiger partial charge in [0.25, 0.3) is 0 Å². The molecule has 0 unspecified atom stereocenters. The number of esters is 1. The van der Waals surface area contributed by atoms with Crippen LogP contribution in [0.2, 0.25) is 0 Å². The van der Waals surface area contributed by atoms with Crippen molar-refractivity contribution in [3.63, 3.8) is 0 Å². The highest BCUT2D eigenvalue weighted by molar-refractivity contribution is 5.92. The molecule has 2 aromatic rings. The maximum absolute atomic E-state index is 12.1. The summed E-state index contributed by atoms with van der Waals surface area (Å²) in [5.74, 6) is -0.258. The van der Waals surface area contributed by atoms with E-state index in [2.05, 4.69) is 13.8 Å². The van der Waals surface area contributed by atoms with Crippen molar-refractivity contribution in [2.45, 2.75) is 39.5 Å². The minimum Gasteiger partial charge on any atom is -0.462 e. The van der Waals surface area contributed by atoms with Crippen molar-refractivity contribution in [3.05, 3.63) is 46.3 Å². The largest absolute Gasteiger partial charge is 0.462 e. The van der Waals surface area contributed by atoms with Crippen LogP contribution in [0.1, 0.15) is 49.9 Å². The van der Waals surface area contributed by atoms with Gasteiger partial charge in [0.2, 0.25) is 0 Å². The number of para-hydroxylation sites is 1. The molecule has 2 rings (SSSR count). The van der Waals surface area contributed by atoms with Crippen molar-refractivity contribution >= 4 is 16.9 Å². The summed E-state index contributed by atoms with van der Waals surface area (Å²) in [4.78, 5) is 24.0. The van der Waals surface area contributed by atoms with Gasteiger partial charge < -0.3 is 9.15 Å². The molecule has 1 heterocycles. The van der Waals surface area contributed by atoms with Gasteiger partial charge in [-0.2, -0.15) is 0 Å². The molecular formula is C18H22O4. The number of hydrogen-bond donors (Lipinski definition) is 0. The molecule has 0 radical (unpaired) electrons. The molecule has 0 aliphatic heterocycles. The van der Waals surface area contributed by atoms with E-state index in [9.17, 15) is 9.59 Å². The van der Waals surface area contributed by atoms with Crippen LogP contribution in [0.15, 0.2) is 39.5 Å². The quantitative estimate of drug-likeness (QED) is 0.569. The molecule has 118 valence electrons. The number of fused-ring (bicyclic) bond motifs is 1. The molecule has 0 saturated heterocycles. The average molecular weight is 302 g/mol. The van der Waals surface area contributed by atoms with Crippen molar-refractivity contribution < 1.29 is 13.9 Å². The molecule has 0 spiro atoms. The Balaban J connectivity index is 2.09. The molecular weight excluding hydrogens is 280 g/mol. The zero-order chi connectivity index (χ0) is 15.9. The van der Waals surface area contributed by atoms with Crippen LogP contribution in [0.25, 0.3) is 11.0 Å². The second-order valence-electron chi connectivity index (χ2n) is 5.50. The SMILES string of the molecule is CCCC[C@H](CC)COC(=O)c1cc2ccccc2oc1=O. The number of unbranched alkanes of at least 4 members (excludes halogenated alkanes) is 1. The highest BCUT2D eigenvalue weighted by Gasteiger charge is 2.17. The van der Waals surface area contributed by atoms with Gasteiger partial charge in [0.05, 0.1) is 6.61 Å². The molecule has 0 aliphatic rings. The lowest BCUT2D eigenvalue weighted by atomic mass is 10.0. The summed E-state index contributed by atoms with van der Waals surface area (Å²) in [5.41, 5.74) is -0.215. The first-order valence-corrected chi connectivity index (χ1v) is 7.85. The van der Waals surface area contributed by atoms with Crippen LogP contribution in [0.4, 0.5) is 0 Å². The Hall–Kier alpha value is -2.10. The van der Waals surface area contributed by atoms with Gasteiger partial charge in [-0.1, -0.05) is 51.3 Å². The molecule has 4 nitrogen and oxygen atoms in total. The summed E-state index contributed by atoms with van der Waals surface area (Å²) in [5, 5.41) is 0.715. The summed E-state index contributed by atoms with van der Waals surface area (Å²) in [6.07, 6.45) is 4.24. The maximum atomic E-state index is 12.1. The normalized spacial score (nSPS) is 12.3. The second-order valence-corrected chi connectivity index (χ2v) is 5.50. The van der Waals surface area contributed by atoms with E-state index in [1.807, 2.05) is 6.07 Å². The van der Waals surface area contributed by atoms with Gasteiger partial charge in [0.15, 0.2) is 0 Å². The topological polar surface area (TPSA) is 56.5 Å². The zero-order valence-electron chi connectivity index (χ0n) is 13.1. The zero-order valence-corrected chi connectivity index (χ0v) is 13.1. The number of carbonyl (C=O) groups is 1. The molecule has 0 aliphatic carbocycles. The molecule has 1 aromatic heterocycles. The fourth-order valence-corrected chi connectivity index (χ4v) is 2.37. The minimum absolute atomic E-state index is 0.0379. The first-order chi connectivity index (χ1) is 10.7. The number of carbonyl (C=O) groups excluding carboxylic acids is 1. The van der Waals surface area contributed by atoms with Gasteiger partial charge >= 0.3 is 11.6 Å². The molecule has 1 atom stereocenters. The number of benzene rings is 1. The Morgan fingerprint density at radius 3 is 2.77 bits per heavy atom. The Kier molecular flexibility index (Phi) is 5.75. The molecule has 0 saturated carbocycles. The van der Waals surface area contributed by atoms with Crippen LogP contribution in [-0.2, 0) is 4.74 Å². The summed E-state index contributed by atoms with van der Waals surface area (Å²) >= 11 is 0. The maximum Gasteiger partial charge on any atom is 0.351 e. The lowest BCUT2D eigenvalue weighted by Gasteiger charge is -2.14. The van der Waals surface area contributed by atoms with E-state index in [1.165, 1.54) is 6.07 Å². The molecule has 0 N–H and O–H groups in total. The lowest BCUT2D eigenvalue weighted by molar-refractivity contribution is 0.0423. The number of ether oxygens (including phenoxy) is 1. The Bertz CT molecular complexity index is 687. The highest BCUT2D eigenvalue weighted by atomic mass is 16.5. The minimum atomic E-state index is -0.648. The predicted octanol–water partition coefficient (Wildman–Crippen LogP) is 4.17. The van der Waals surface area contributed by atoms with Crippen molar-refractivity contribution in [3.8, 4) is 0 Å². The van der Waals surface area contributed by atoms with Crippen molar-refractivity contribution in [2.75, 3.05) is 6.61 Å². The van der Waals surface area contributed by atoms with Gasteiger partial charge in [0, 0.05) is 5.39 Å². The molecule has 4 heteroatoms. The fraction of sp³-hybridized carbons (Fsp3) is 0.444. The van der Waals surface area contributed by atoms with E-state index in [0.717, 1.165) is 25.7 Å². The van der Waals surface area contributed by atoms with Crippen LogP contribution in [-0.4, -0.2) is 12.6 Å². The first-order valence-electron chi connectivity index (χ1n) is 7.85.